The zero-order chi connectivity index (χ0) is 23.7. The van der Waals surface area contributed by atoms with Crippen LogP contribution in [-0.2, 0) is 11.3 Å². The molecular weight excluding hydrogens is 426 g/mol. The van der Waals surface area contributed by atoms with E-state index in [1.165, 1.54) is 23.0 Å². The van der Waals surface area contributed by atoms with Crippen LogP contribution in [0.25, 0.3) is 16.5 Å². The number of benzene rings is 1. The number of rotatable bonds is 6. The summed E-state index contributed by atoms with van der Waals surface area (Å²) in [4.78, 5) is 43.3. The average molecular weight is 454 g/mol. The SMILES string of the molecule is CCC(C(=O)O)n1c(=O)c2ccncc2n(CC(=C(C)C)c2c(C)cc(C)cc2S)c1=O. The molecule has 0 amide bonds. The zero-order valence-corrected chi connectivity index (χ0v) is 19.7. The monoisotopic (exact) mass is 453 g/mol. The van der Waals surface area contributed by atoms with Crippen LogP contribution in [0.3, 0.4) is 0 Å². The molecule has 1 N–H and O–H groups in total. The number of aliphatic carboxylic acids is 1. The van der Waals surface area contributed by atoms with Crippen molar-refractivity contribution in [1.29, 1.82) is 0 Å². The Balaban J connectivity index is 2.36. The molecule has 0 saturated heterocycles. The van der Waals surface area contributed by atoms with Gasteiger partial charge in [-0.25, -0.2) is 14.2 Å². The first-order valence-electron chi connectivity index (χ1n) is 10.4. The van der Waals surface area contributed by atoms with Crippen LogP contribution in [-0.4, -0.2) is 25.2 Å². The van der Waals surface area contributed by atoms with Gasteiger partial charge < -0.3 is 5.11 Å². The number of aryl methyl sites for hydroxylation is 2. The van der Waals surface area contributed by atoms with Crippen molar-refractivity contribution in [3.8, 4) is 0 Å². The maximum absolute atomic E-state index is 13.5. The van der Waals surface area contributed by atoms with E-state index in [1.807, 2.05) is 33.8 Å². The van der Waals surface area contributed by atoms with Crippen LogP contribution >= 0.6 is 12.6 Å². The van der Waals surface area contributed by atoms with Crippen LogP contribution in [0.5, 0.6) is 0 Å². The number of carboxylic acids is 1. The van der Waals surface area contributed by atoms with Crippen LogP contribution in [0.1, 0.15) is 49.9 Å². The van der Waals surface area contributed by atoms with Gasteiger partial charge in [-0.3, -0.25) is 14.3 Å². The van der Waals surface area contributed by atoms with Crippen molar-refractivity contribution in [2.24, 2.45) is 0 Å². The average Bonchev–Trinajstić information content (AvgIpc) is 2.71. The Labute approximate surface area is 191 Å². The number of hydrogen-bond acceptors (Lipinski definition) is 5. The number of carbonyl (C=O) groups is 1. The predicted octanol–water partition coefficient (Wildman–Crippen LogP) is 3.99. The number of nitrogens with zero attached hydrogens (tertiary/aromatic N) is 3. The third-order valence-corrected chi connectivity index (χ3v) is 5.99. The number of allylic oxidation sites excluding steroid dienone is 2. The molecule has 168 valence electrons. The fraction of sp³-hybridized carbons (Fsp3) is 0.333. The number of hydrogen-bond donors (Lipinski definition) is 2. The molecule has 32 heavy (non-hydrogen) atoms. The molecular formula is C24H27N3O4S. The van der Waals surface area contributed by atoms with Crippen LogP contribution in [0, 0.1) is 13.8 Å². The molecule has 0 aliphatic rings. The maximum atomic E-state index is 13.5. The summed E-state index contributed by atoms with van der Waals surface area (Å²) in [6.07, 6.45) is 3.03. The number of thiol groups is 1. The van der Waals surface area contributed by atoms with Crippen molar-refractivity contribution in [3.05, 3.63) is 73.7 Å². The van der Waals surface area contributed by atoms with Crippen molar-refractivity contribution < 1.29 is 9.90 Å². The van der Waals surface area contributed by atoms with Crippen molar-refractivity contribution >= 4 is 35.1 Å². The third kappa shape index (κ3) is 4.14. The molecule has 1 aromatic carbocycles. The fourth-order valence-electron chi connectivity index (χ4n) is 4.11. The lowest BCUT2D eigenvalue weighted by Gasteiger charge is -2.21. The summed E-state index contributed by atoms with van der Waals surface area (Å²) in [5, 5.41) is 9.89. The normalized spacial score (nSPS) is 12.1. The summed E-state index contributed by atoms with van der Waals surface area (Å²) in [6, 6.07) is 4.28. The van der Waals surface area contributed by atoms with Crippen LogP contribution < -0.4 is 11.2 Å². The molecule has 0 aliphatic heterocycles. The summed E-state index contributed by atoms with van der Waals surface area (Å²) in [5.41, 5.74) is 3.96. The summed E-state index contributed by atoms with van der Waals surface area (Å²) >= 11 is 4.68. The molecule has 1 atom stereocenters. The first kappa shape index (κ1) is 23.5. The molecule has 0 spiro atoms. The topological polar surface area (TPSA) is 94.2 Å². The molecule has 0 radical (unpaired) electrons. The number of aromatic nitrogens is 3. The van der Waals surface area contributed by atoms with Crippen molar-refractivity contribution in [2.75, 3.05) is 0 Å². The van der Waals surface area contributed by atoms with Crippen LogP contribution in [0.4, 0.5) is 0 Å². The van der Waals surface area contributed by atoms with E-state index < -0.39 is 23.3 Å². The van der Waals surface area contributed by atoms with Gasteiger partial charge in [-0.1, -0.05) is 18.6 Å². The van der Waals surface area contributed by atoms with Crippen molar-refractivity contribution in [1.82, 2.24) is 14.1 Å². The van der Waals surface area contributed by atoms with Crippen LogP contribution in [0.15, 0.2) is 50.7 Å². The summed E-state index contributed by atoms with van der Waals surface area (Å²) in [6.45, 7) is 9.68. The molecule has 2 heterocycles. The second kappa shape index (κ2) is 9.16. The number of pyridine rings is 1. The summed E-state index contributed by atoms with van der Waals surface area (Å²) in [5.74, 6) is -1.22. The highest BCUT2D eigenvalue weighted by molar-refractivity contribution is 7.80. The molecule has 0 bridgehead atoms. The van der Waals surface area contributed by atoms with Gasteiger partial charge in [0.2, 0.25) is 0 Å². The molecule has 7 nitrogen and oxygen atoms in total. The van der Waals surface area contributed by atoms with Gasteiger partial charge in [0.25, 0.3) is 5.56 Å². The van der Waals surface area contributed by atoms with E-state index in [9.17, 15) is 19.5 Å². The van der Waals surface area contributed by atoms with Crippen LogP contribution in [0.2, 0.25) is 0 Å². The first-order valence-corrected chi connectivity index (χ1v) is 10.8. The lowest BCUT2D eigenvalue weighted by atomic mass is 9.95. The third-order valence-electron chi connectivity index (χ3n) is 5.64. The smallest absolute Gasteiger partial charge is 0.332 e. The predicted molar refractivity (Wildman–Crippen MR) is 129 cm³/mol. The van der Waals surface area contributed by atoms with Gasteiger partial charge in [0.05, 0.1) is 23.6 Å². The minimum atomic E-state index is -1.25. The Bertz CT molecular complexity index is 1340. The van der Waals surface area contributed by atoms with Gasteiger partial charge >= 0.3 is 11.7 Å². The standard InChI is InChI=1S/C24H27N3O4S/c1-6-18(23(29)30)27-22(28)16-7-8-25-11-19(16)26(24(27)31)12-17(13(2)3)21-15(5)9-14(4)10-20(21)32/h7-11,18,32H,6,12H2,1-5H3,(H,29,30). The van der Waals surface area contributed by atoms with Gasteiger partial charge in [-0.15, -0.1) is 12.6 Å². The van der Waals surface area contributed by atoms with Gasteiger partial charge in [0.1, 0.15) is 6.04 Å². The van der Waals surface area contributed by atoms with E-state index in [1.54, 1.807) is 6.92 Å². The highest BCUT2D eigenvalue weighted by atomic mass is 32.1. The highest BCUT2D eigenvalue weighted by Gasteiger charge is 2.25. The Morgan fingerprint density at radius 2 is 1.91 bits per heavy atom. The quantitative estimate of drug-likeness (QED) is 0.551. The second-order valence-electron chi connectivity index (χ2n) is 8.15. The molecule has 8 heteroatoms. The van der Waals surface area contributed by atoms with E-state index in [0.717, 1.165) is 37.3 Å². The fourth-order valence-corrected chi connectivity index (χ4v) is 4.63. The van der Waals surface area contributed by atoms with E-state index in [4.69, 9.17) is 0 Å². The van der Waals surface area contributed by atoms with Gasteiger partial charge in [0, 0.05) is 11.1 Å². The van der Waals surface area contributed by atoms with E-state index in [-0.39, 0.29) is 18.4 Å². The largest absolute Gasteiger partial charge is 0.480 e. The molecule has 1 unspecified atom stereocenters. The summed E-state index contributed by atoms with van der Waals surface area (Å²) in [7, 11) is 0. The zero-order valence-electron chi connectivity index (χ0n) is 18.8. The van der Waals surface area contributed by atoms with E-state index >= 15 is 0 Å². The van der Waals surface area contributed by atoms with Crippen molar-refractivity contribution in [2.45, 2.75) is 58.5 Å². The van der Waals surface area contributed by atoms with E-state index in [0.29, 0.717) is 5.52 Å². The first-order chi connectivity index (χ1) is 15.1. The minimum Gasteiger partial charge on any atom is -0.480 e. The molecule has 2 aromatic heterocycles. The lowest BCUT2D eigenvalue weighted by Crippen LogP contribution is -2.44. The van der Waals surface area contributed by atoms with Gasteiger partial charge in [-0.2, -0.15) is 0 Å². The van der Waals surface area contributed by atoms with E-state index in [2.05, 4.69) is 23.7 Å². The molecule has 0 saturated carbocycles. The van der Waals surface area contributed by atoms with Crippen molar-refractivity contribution in [3.63, 3.8) is 0 Å². The highest BCUT2D eigenvalue weighted by Crippen LogP contribution is 2.31. The lowest BCUT2D eigenvalue weighted by molar-refractivity contribution is -0.141. The summed E-state index contributed by atoms with van der Waals surface area (Å²) < 4.78 is 2.28. The molecule has 3 rings (SSSR count). The second-order valence-corrected chi connectivity index (χ2v) is 8.64. The molecule has 0 aliphatic carbocycles. The Kier molecular flexibility index (Phi) is 6.74. The number of carboxylic acid groups (broad SMARTS) is 1. The van der Waals surface area contributed by atoms with Gasteiger partial charge in [-0.05, 0) is 68.5 Å². The minimum absolute atomic E-state index is 0.106. The Morgan fingerprint density at radius 1 is 1.22 bits per heavy atom. The molecule has 0 fully saturated rings. The van der Waals surface area contributed by atoms with Gasteiger partial charge in [0.15, 0.2) is 0 Å². The number of fused-ring (bicyclic) bond motifs is 1. The maximum Gasteiger partial charge on any atom is 0.332 e. The molecule has 3 aromatic rings. The Morgan fingerprint density at radius 3 is 2.47 bits per heavy atom. The Hall–Kier alpha value is -3.13.